The van der Waals surface area contributed by atoms with E-state index < -0.39 is 5.97 Å². The van der Waals surface area contributed by atoms with Gasteiger partial charge in [0, 0.05) is 23.7 Å². The van der Waals surface area contributed by atoms with E-state index in [1.165, 1.54) is 21.7 Å². The maximum absolute atomic E-state index is 10.8. The van der Waals surface area contributed by atoms with E-state index >= 15 is 0 Å². The molecule has 1 unspecified atom stereocenters. The SMILES string of the molecule is Cc1cc(C)c2c(c1)SCC(CC(=O)O)N2C. The van der Waals surface area contributed by atoms with Gasteiger partial charge in [0.25, 0.3) is 0 Å². The molecule has 1 heterocycles. The Balaban J connectivity index is 2.35. The molecule has 2 rings (SSSR count). The summed E-state index contributed by atoms with van der Waals surface area (Å²) in [6, 6.07) is 4.42. The first-order valence-electron chi connectivity index (χ1n) is 5.67. The van der Waals surface area contributed by atoms with Gasteiger partial charge in [-0.15, -0.1) is 11.8 Å². The standard InChI is InChI=1S/C13H17NO2S/c1-8-4-9(2)13-11(5-8)17-7-10(14(13)3)6-12(15)16/h4-5,10H,6-7H2,1-3H3,(H,15,16). The predicted molar refractivity (Wildman–Crippen MR) is 71.1 cm³/mol. The molecular weight excluding hydrogens is 234 g/mol. The molecule has 92 valence electrons. The molecule has 0 amide bonds. The van der Waals surface area contributed by atoms with Crippen LogP contribution < -0.4 is 4.90 Å². The molecule has 17 heavy (non-hydrogen) atoms. The molecule has 1 aliphatic heterocycles. The van der Waals surface area contributed by atoms with Crippen molar-refractivity contribution < 1.29 is 9.90 Å². The molecule has 1 atom stereocenters. The fourth-order valence-corrected chi connectivity index (χ4v) is 3.79. The average Bonchev–Trinajstić information content (AvgIpc) is 2.20. The highest BCUT2D eigenvalue weighted by Crippen LogP contribution is 2.40. The highest BCUT2D eigenvalue weighted by Gasteiger charge is 2.27. The number of fused-ring (bicyclic) bond motifs is 1. The second-order valence-electron chi connectivity index (χ2n) is 4.60. The van der Waals surface area contributed by atoms with Crippen molar-refractivity contribution in [1.29, 1.82) is 0 Å². The number of thioether (sulfide) groups is 1. The number of carboxylic acids is 1. The van der Waals surface area contributed by atoms with E-state index in [1.54, 1.807) is 11.8 Å². The monoisotopic (exact) mass is 251 g/mol. The quantitative estimate of drug-likeness (QED) is 0.877. The molecule has 1 aliphatic rings. The number of rotatable bonds is 2. The second-order valence-corrected chi connectivity index (χ2v) is 5.66. The van der Waals surface area contributed by atoms with Crippen LogP contribution in [0.1, 0.15) is 17.5 Å². The minimum absolute atomic E-state index is 0.0893. The maximum Gasteiger partial charge on any atom is 0.305 e. The third-order valence-corrected chi connectivity index (χ3v) is 4.33. The molecule has 0 spiro atoms. The smallest absolute Gasteiger partial charge is 0.305 e. The van der Waals surface area contributed by atoms with E-state index in [4.69, 9.17) is 5.11 Å². The molecule has 0 radical (unpaired) electrons. The molecule has 0 saturated heterocycles. The summed E-state index contributed by atoms with van der Waals surface area (Å²) in [6.45, 7) is 4.18. The molecule has 0 saturated carbocycles. The largest absolute Gasteiger partial charge is 0.481 e. The van der Waals surface area contributed by atoms with Crippen LogP contribution in [0.25, 0.3) is 0 Å². The third-order valence-electron chi connectivity index (χ3n) is 3.15. The van der Waals surface area contributed by atoms with Gasteiger partial charge >= 0.3 is 5.97 Å². The van der Waals surface area contributed by atoms with Crippen molar-refractivity contribution in [3.8, 4) is 0 Å². The van der Waals surface area contributed by atoms with Crippen molar-refractivity contribution in [2.45, 2.75) is 31.2 Å². The summed E-state index contributed by atoms with van der Waals surface area (Å²) in [4.78, 5) is 14.2. The summed E-state index contributed by atoms with van der Waals surface area (Å²) in [6.07, 6.45) is 0.205. The minimum Gasteiger partial charge on any atom is -0.481 e. The van der Waals surface area contributed by atoms with Crippen LogP contribution in [0.15, 0.2) is 17.0 Å². The van der Waals surface area contributed by atoms with Gasteiger partial charge in [-0.25, -0.2) is 0 Å². The molecule has 1 aromatic rings. The number of hydrogen-bond acceptors (Lipinski definition) is 3. The Hall–Kier alpha value is -1.16. The van der Waals surface area contributed by atoms with Crippen LogP contribution in [-0.4, -0.2) is 29.9 Å². The molecule has 0 fully saturated rings. The number of anilines is 1. The average molecular weight is 251 g/mol. The molecule has 0 aromatic heterocycles. The van der Waals surface area contributed by atoms with Crippen molar-refractivity contribution in [2.75, 3.05) is 17.7 Å². The zero-order valence-electron chi connectivity index (χ0n) is 10.4. The lowest BCUT2D eigenvalue weighted by Crippen LogP contribution is -2.38. The topological polar surface area (TPSA) is 40.5 Å². The maximum atomic E-state index is 10.8. The molecule has 4 heteroatoms. The van der Waals surface area contributed by atoms with Crippen LogP contribution in [0.3, 0.4) is 0 Å². The van der Waals surface area contributed by atoms with Gasteiger partial charge in [-0.3, -0.25) is 4.79 Å². The number of nitrogens with zero attached hydrogens (tertiary/aromatic N) is 1. The van der Waals surface area contributed by atoms with E-state index in [9.17, 15) is 4.79 Å². The van der Waals surface area contributed by atoms with Crippen LogP contribution in [0.5, 0.6) is 0 Å². The van der Waals surface area contributed by atoms with Crippen LogP contribution in [0.2, 0.25) is 0 Å². The van der Waals surface area contributed by atoms with E-state index in [1.807, 2.05) is 7.05 Å². The lowest BCUT2D eigenvalue weighted by molar-refractivity contribution is -0.137. The van der Waals surface area contributed by atoms with E-state index in [0.29, 0.717) is 0 Å². The molecule has 0 bridgehead atoms. The van der Waals surface area contributed by atoms with Gasteiger partial charge in [0.2, 0.25) is 0 Å². The van der Waals surface area contributed by atoms with Crippen molar-refractivity contribution in [2.24, 2.45) is 0 Å². The number of benzene rings is 1. The van der Waals surface area contributed by atoms with Crippen molar-refractivity contribution >= 4 is 23.4 Å². The number of aliphatic carboxylic acids is 1. The summed E-state index contributed by atoms with van der Waals surface area (Å²) in [7, 11) is 1.99. The first-order valence-corrected chi connectivity index (χ1v) is 6.66. The van der Waals surface area contributed by atoms with Crippen LogP contribution in [0, 0.1) is 13.8 Å². The van der Waals surface area contributed by atoms with Crippen LogP contribution >= 0.6 is 11.8 Å². The Morgan fingerprint density at radius 2 is 2.24 bits per heavy atom. The second kappa shape index (κ2) is 4.61. The lowest BCUT2D eigenvalue weighted by atomic mass is 10.1. The number of carboxylic acid groups (broad SMARTS) is 1. The first kappa shape index (κ1) is 12.3. The summed E-state index contributed by atoms with van der Waals surface area (Å²) >= 11 is 1.77. The minimum atomic E-state index is -0.726. The Morgan fingerprint density at radius 1 is 1.53 bits per heavy atom. The van der Waals surface area contributed by atoms with Gasteiger partial charge < -0.3 is 10.0 Å². The first-order chi connectivity index (χ1) is 7.99. The molecule has 1 aromatic carbocycles. The Bertz CT molecular complexity index is 459. The summed E-state index contributed by atoms with van der Waals surface area (Å²) < 4.78 is 0. The zero-order valence-corrected chi connectivity index (χ0v) is 11.2. The fraction of sp³-hybridized carbons (Fsp3) is 0.462. The van der Waals surface area contributed by atoms with Gasteiger partial charge in [0.15, 0.2) is 0 Å². The Kier molecular flexibility index (Phi) is 3.33. The highest BCUT2D eigenvalue weighted by atomic mass is 32.2. The van der Waals surface area contributed by atoms with Gasteiger partial charge in [0.05, 0.1) is 12.1 Å². The normalized spacial score (nSPS) is 19.0. The highest BCUT2D eigenvalue weighted by molar-refractivity contribution is 7.99. The number of aryl methyl sites for hydroxylation is 2. The Labute approximate surface area is 106 Å². The van der Waals surface area contributed by atoms with Gasteiger partial charge in [-0.05, 0) is 31.0 Å². The fourth-order valence-electron chi connectivity index (χ4n) is 2.36. The van der Waals surface area contributed by atoms with Gasteiger partial charge in [0.1, 0.15) is 0 Å². The van der Waals surface area contributed by atoms with E-state index in [0.717, 1.165) is 5.75 Å². The number of hydrogen-bond donors (Lipinski definition) is 1. The summed E-state index contributed by atoms with van der Waals surface area (Å²) in [5.41, 5.74) is 3.68. The van der Waals surface area contributed by atoms with Gasteiger partial charge in [-0.1, -0.05) is 6.07 Å². The summed E-state index contributed by atoms with van der Waals surface area (Å²) in [5.74, 6) is 0.120. The molecular formula is C13H17NO2S. The lowest BCUT2D eigenvalue weighted by Gasteiger charge is -2.36. The third kappa shape index (κ3) is 2.41. The zero-order chi connectivity index (χ0) is 12.6. The Morgan fingerprint density at radius 3 is 2.88 bits per heavy atom. The van der Waals surface area contributed by atoms with E-state index in [-0.39, 0.29) is 12.5 Å². The molecule has 0 aliphatic carbocycles. The molecule has 1 N–H and O–H groups in total. The van der Waals surface area contributed by atoms with Crippen molar-refractivity contribution in [3.63, 3.8) is 0 Å². The van der Waals surface area contributed by atoms with Crippen LogP contribution in [-0.2, 0) is 4.79 Å². The van der Waals surface area contributed by atoms with E-state index in [2.05, 4.69) is 30.9 Å². The predicted octanol–water partition coefficient (Wildman–Crippen LogP) is 2.69. The number of carbonyl (C=O) groups is 1. The van der Waals surface area contributed by atoms with Crippen molar-refractivity contribution in [3.05, 3.63) is 23.3 Å². The molecule has 3 nitrogen and oxygen atoms in total. The van der Waals surface area contributed by atoms with Gasteiger partial charge in [-0.2, -0.15) is 0 Å². The summed E-state index contributed by atoms with van der Waals surface area (Å²) in [5, 5.41) is 8.91. The van der Waals surface area contributed by atoms with Crippen molar-refractivity contribution in [1.82, 2.24) is 0 Å². The van der Waals surface area contributed by atoms with Crippen LogP contribution in [0.4, 0.5) is 5.69 Å².